The lowest BCUT2D eigenvalue weighted by Crippen LogP contribution is -2.22. The van der Waals surface area contributed by atoms with E-state index >= 15 is 0 Å². The Bertz CT molecular complexity index is 582. The number of sulfonamides is 1. The molecule has 0 saturated heterocycles. The minimum Gasteiger partial charge on any atom is -0.465 e. The standard InChI is InChI=1S/C13H20N2O4S/c1-5-19-13(16)9-14-12-8-11(7-6-10(12)2)20(17,18)15(3)4/h6-8,14H,5,9H2,1-4H3. The maximum atomic E-state index is 12.0. The van der Waals surface area contributed by atoms with Gasteiger partial charge in [-0.2, -0.15) is 0 Å². The zero-order valence-corrected chi connectivity index (χ0v) is 13.0. The van der Waals surface area contributed by atoms with Crippen molar-refractivity contribution in [3.8, 4) is 0 Å². The van der Waals surface area contributed by atoms with Crippen LogP contribution in [0.15, 0.2) is 23.1 Å². The fourth-order valence-corrected chi connectivity index (χ4v) is 2.47. The van der Waals surface area contributed by atoms with Crippen molar-refractivity contribution in [2.24, 2.45) is 0 Å². The molecule has 1 aromatic rings. The molecule has 112 valence electrons. The van der Waals surface area contributed by atoms with Crippen molar-refractivity contribution in [3.05, 3.63) is 23.8 Å². The molecule has 1 rings (SSSR count). The Morgan fingerprint density at radius 1 is 1.35 bits per heavy atom. The summed E-state index contributed by atoms with van der Waals surface area (Å²) >= 11 is 0. The van der Waals surface area contributed by atoms with Gasteiger partial charge in [-0.3, -0.25) is 4.79 Å². The van der Waals surface area contributed by atoms with Gasteiger partial charge in [0.05, 0.1) is 11.5 Å². The van der Waals surface area contributed by atoms with Crippen LogP contribution in [-0.2, 0) is 19.6 Å². The Hall–Kier alpha value is -1.60. The number of carbonyl (C=O) groups excluding carboxylic acids is 1. The second-order valence-electron chi connectivity index (χ2n) is 4.42. The molecule has 0 bridgehead atoms. The molecule has 0 spiro atoms. The molecule has 0 unspecified atom stereocenters. The van der Waals surface area contributed by atoms with E-state index in [1.54, 1.807) is 19.1 Å². The molecule has 0 heterocycles. The summed E-state index contributed by atoms with van der Waals surface area (Å²) in [4.78, 5) is 11.5. The van der Waals surface area contributed by atoms with Crippen molar-refractivity contribution in [1.29, 1.82) is 0 Å². The monoisotopic (exact) mass is 300 g/mol. The van der Waals surface area contributed by atoms with Crippen molar-refractivity contribution < 1.29 is 17.9 Å². The van der Waals surface area contributed by atoms with Crippen LogP contribution in [0.3, 0.4) is 0 Å². The van der Waals surface area contributed by atoms with Crippen LogP contribution in [0.1, 0.15) is 12.5 Å². The van der Waals surface area contributed by atoms with Gasteiger partial charge in [0.15, 0.2) is 0 Å². The normalized spacial score (nSPS) is 11.4. The van der Waals surface area contributed by atoms with E-state index in [0.717, 1.165) is 9.87 Å². The van der Waals surface area contributed by atoms with Crippen LogP contribution >= 0.6 is 0 Å². The highest BCUT2D eigenvalue weighted by atomic mass is 32.2. The molecular weight excluding hydrogens is 280 g/mol. The number of benzene rings is 1. The number of esters is 1. The molecule has 0 atom stereocenters. The lowest BCUT2D eigenvalue weighted by atomic mass is 10.2. The van der Waals surface area contributed by atoms with Gasteiger partial charge < -0.3 is 10.1 Å². The Morgan fingerprint density at radius 3 is 2.55 bits per heavy atom. The number of nitrogens with zero attached hydrogens (tertiary/aromatic N) is 1. The van der Waals surface area contributed by atoms with Gasteiger partial charge in [0, 0.05) is 19.8 Å². The highest BCUT2D eigenvalue weighted by Gasteiger charge is 2.18. The first-order valence-electron chi connectivity index (χ1n) is 6.21. The van der Waals surface area contributed by atoms with E-state index in [4.69, 9.17) is 4.74 Å². The van der Waals surface area contributed by atoms with E-state index in [1.807, 2.05) is 6.92 Å². The number of rotatable bonds is 6. The predicted octanol–water partition coefficient (Wildman–Crippen LogP) is 1.22. The summed E-state index contributed by atoms with van der Waals surface area (Å²) < 4.78 is 30.0. The molecule has 0 amide bonds. The van der Waals surface area contributed by atoms with Gasteiger partial charge in [0.25, 0.3) is 0 Å². The summed E-state index contributed by atoms with van der Waals surface area (Å²) in [6, 6.07) is 4.76. The summed E-state index contributed by atoms with van der Waals surface area (Å²) in [5.41, 5.74) is 1.45. The maximum Gasteiger partial charge on any atom is 0.325 e. The molecule has 0 saturated carbocycles. The van der Waals surface area contributed by atoms with Gasteiger partial charge >= 0.3 is 5.97 Å². The predicted molar refractivity (Wildman–Crippen MR) is 77.2 cm³/mol. The Labute approximate surface area is 119 Å². The Balaban J connectivity index is 2.96. The van der Waals surface area contributed by atoms with E-state index < -0.39 is 10.0 Å². The summed E-state index contributed by atoms with van der Waals surface area (Å²) in [5, 5.41) is 2.89. The number of anilines is 1. The average molecular weight is 300 g/mol. The largest absolute Gasteiger partial charge is 0.465 e. The number of ether oxygens (including phenoxy) is 1. The van der Waals surface area contributed by atoms with Gasteiger partial charge in [0.1, 0.15) is 6.54 Å². The third kappa shape index (κ3) is 3.94. The van der Waals surface area contributed by atoms with Gasteiger partial charge in [-0.25, -0.2) is 12.7 Å². The molecule has 6 nitrogen and oxygen atoms in total. The summed E-state index contributed by atoms with van der Waals surface area (Å²) in [6.45, 7) is 3.88. The zero-order chi connectivity index (χ0) is 15.3. The van der Waals surface area contributed by atoms with Crippen molar-refractivity contribution >= 4 is 21.7 Å². The van der Waals surface area contributed by atoms with Crippen molar-refractivity contribution in [1.82, 2.24) is 4.31 Å². The molecule has 0 aliphatic rings. The smallest absolute Gasteiger partial charge is 0.325 e. The van der Waals surface area contributed by atoms with Crippen LogP contribution in [0.4, 0.5) is 5.69 Å². The summed E-state index contributed by atoms with van der Waals surface area (Å²) in [7, 11) is -0.542. The third-order valence-electron chi connectivity index (χ3n) is 2.72. The molecule has 0 fully saturated rings. The van der Waals surface area contributed by atoms with Gasteiger partial charge in [-0.15, -0.1) is 0 Å². The molecule has 0 aliphatic carbocycles. The van der Waals surface area contributed by atoms with Gasteiger partial charge in [-0.05, 0) is 31.5 Å². The van der Waals surface area contributed by atoms with Crippen LogP contribution in [0.25, 0.3) is 0 Å². The van der Waals surface area contributed by atoms with Crippen molar-refractivity contribution in [3.63, 3.8) is 0 Å². The highest BCUT2D eigenvalue weighted by molar-refractivity contribution is 7.89. The fourth-order valence-electron chi connectivity index (χ4n) is 1.54. The van der Waals surface area contributed by atoms with Crippen LogP contribution in [0.2, 0.25) is 0 Å². The molecule has 0 aromatic heterocycles. The third-order valence-corrected chi connectivity index (χ3v) is 4.53. The number of hydrogen-bond acceptors (Lipinski definition) is 5. The molecule has 7 heteroatoms. The summed E-state index contributed by atoms with van der Waals surface area (Å²) in [6.07, 6.45) is 0. The van der Waals surface area contributed by atoms with E-state index in [-0.39, 0.29) is 17.4 Å². The molecule has 1 N–H and O–H groups in total. The van der Waals surface area contributed by atoms with E-state index in [2.05, 4.69) is 5.32 Å². The first kappa shape index (κ1) is 16.5. The minimum absolute atomic E-state index is 0.000144. The van der Waals surface area contributed by atoms with E-state index in [0.29, 0.717) is 12.3 Å². The first-order valence-corrected chi connectivity index (χ1v) is 7.65. The first-order chi connectivity index (χ1) is 9.28. The SMILES string of the molecule is CCOC(=O)CNc1cc(S(=O)(=O)N(C)C)ccc1C. The second kappa shape index (κ2) is 6.71. The van der Waals surface area contributed by atoms with Gasteiger partial charge in [0.2, 0.25) is 10.0 Å². The van der Waals surface area contributed by atoms with E-state index in [9.17, 15) is 13.2 Å². The average Bonchev–Trinajstić information content (AvgIpc) is 2.37. The van der Waals surface area contributed by atoms with Crippen molar-refractivity contribution in [2.75, 3.05) is 32.6 Å². The van der Waals surface area contributed by atoms with Crippen LogP contribution < -0.4 is 5.32 Å². The number of hydrogen-bond donors (Lipinski definition) is 1. The quantitative estimate of drug-likeness (QED) is 0.800. The molecule has 0 aliphatic heterocycles. The summed E-state index contributed by atoms with van der Waals surface area (Å²) in [5.74, 6) is -0.382. The molecule has 1 aromatic carbocycles. The fraction of sp³-hybridized carbons (Fsp3) is 0.462. The van der Waals surface area contributed by atoms with Crippen LogP contribution in [-0.4, -0.2) is 45.9 Å². The number of carbonyl (C=O) groups is 1. The molecular formula is C13H20N2O4S. The topological polar surface area (TPSA) is 75.7 Å². The van der Waals surface area contributed by atoms with Crippen molar-refractivity contribution in [2.45, 2.75) is 18.7 Å². The van der Waals surface area contributed by atoms with E-state index in [1.165, 1.54) is 20.2 Å². The zero-order valence-electron chi connectivity index (χ0n) is 12.1. The van der Waals surface area contributed by atoms with Crippen LogP contribution in [0.5, 0.6) is 0 Å². The lowest BCUT2D eigenvalue weighted by Gasteiger charge is -2.14. The lowest BCUT2D eigenvalue weighted by molar-refractivity contribution is -0.140. The number of nitrogens with one attached hydrogen (secondary N) is 1. The Kier molecular flexibility index (Phi) is 5.52. The number of aryl methyl sites for hydroxylation is 1. The maximum absolute atomic E-state index is 12.0. The molecule has 20 heavy (non-hydrogen) atoms. The van der Waals surface area contributed by atoms with Gasteiger partial charge in [-0.1, -0.05) is 6.07 Å². The highest BCUT2D eigenvalue weighted by Crippen LogP contribution is 2.21. The Morgan fingerprint density at radius 2 is 2.00 bits per heavy atom. The molecule has 0 radical (unpaired) electrons. The van der Waals surface area contributed by atoms with Crippen LogP contribution in [0, 0.1) is 6.92 Å². The second-order valence-corrected chi connectivity index (χ2v) is 6.57. The minimum atomic E-state index is -3.49.